The van der Waals surface area contributed by atoms with Gasteiger partial charge in [-0.1, -0.05) is 47.6 Å². The minimum absolute atomic E-state index is 0.0837. The number of allylic oxidation sites excluding steroid dienone is 3. The maximum Gasteiger partial charge on any atom is 0.330 e. The molecule has 6 atom stereocenters. The van der Waals surface area contributed by atoms with Gasteiger partial charge in [0.05, 0.1) is 0 Å². The molecule has 192 valence electrons. The van der Waals surface area contributed by atoms with E-state index in [1.807, 2.05) is 13.8 Å². The quantitative estimate of drug-likeness (QED) is 0.478. The van der Waals surface area contributed by atoms with Crippen LogP contribution in [-0.2, 0) is 19.2 Å². The van der Waals surface area contributed by atoms with Crippen molar-refractivity contribution in [2.75, 3.05) is 0 Å². The van der Waals surface area contributed by atoms with Crippen LogP contribution in [0.3, 0.4) is 0 Å². The second-order valence-electron chi connectivity index (χ2n) is 13.2. The lowest BCUT2D eigenvalue weighted by molar-refractivity contribution is -0.146. The van der Waals surface area contributed by atoms with Gasteiger partial charge in [0.15, 0.2) is 11.6 Å². The summed E-state index contributed by atoms with van der Waals surface area (Å²) in [5, 5.41) is 9.14. The fraction of sp³-hybridized carbons (Fsp3) is 0.733. The normalized spacial score (nSPS) is 39.7. The number of carboxylic acid groups (broad SMARTS) is 1. The lowest BCUT2D eigenvalue weighted by atomic mass is 9.43. The number of hydrogen-bond donors (Lipinski definition) is 1. The molecule has 0 unspecified atom stereocenters. The van der Waals surface area contributed by atoms with E-state index in [0.717, 1.165) is 30.4 Å². The maximum absolute atomic E-state index is 14.0. The van der Waals surface area contributed by atoms with Crippen LogP contribution in [0.4, 0.5) is 0 Å². The smallest absolute Gasteiger partial charge is 0.330 e. The summed E-state index contributed by atoms with van der Waals surface area (Å²) < 4.78 is 0. The number of carbonyl (C=O) groups is 4. The van der Waals surface area contributed by atoms with E-state index in [2.05, 4.69) is 27.7 Å². The summed E-state index contributed by atoms with van der Waals surface area (Å²) in [6.45, 7) is 14.3. The monoisotopic (exact) mass is 482 g/mol. The first-order valence-corrected chi connectivity index (χ1v) is 13.4. The molecule has 1 N–H and O–H groups in total. The third kappa shape index (κ3) is 3.54. The Morgan fingerprint density at radius 3 is 2.34 bits per heavy atom. The molecule has 0 saturated heterocycles. The molecule has 0 aromatic rings. The molecule has 0 aromatic heterocycles. The van der Waals surface area contributed by atoms with Gasteiger partial charge in [-0.25, -0.2) is 4.79 Å². The number of fused-ring (bicyclic) bond motifs is 4. The predicted molar refractivity (Wildman–Crippen MR) is 135 cm³/mol. The van der Waals surface area contributed by atoms with Gasteiger partial charge in [-0.15, -0.1) is 0 Å². The first kappa shape index (κ1) is 26.0. The molecule has 5 nitrogen and oxygen atoms in total. The van der Waals surface area contributed by atoms with Gasteiger partial charge in [0.2, 0.25) is 0 Å². The highest BCUT2D eigenvalue weighted by atomic mass is 16.4. The second-order valence-corrected chi connectivity index (χ2v) is 13.2. The highest BCUT2D eigenvalue weighted by molar-refractivity contribution is 6.12. The third-order valence-electron chi connectivity index (χ3n) is 11.2. The van der Waals surface area contributed by atoms with Gasteiger partial charge in [-0.05, 0) is 62.2 Å². The van der Waals surface area contributed by atoms with Crippen molar-refractivity contribution in [1.29, 1.82) is 0 Å². The number of Topliss-reactive ketones (excluding diaryl/α,β-unsaturated/α-hetero) is 3. The van der Waals surface area contributed by atoms with Crippen molar-refractivity contribution in [3.8, 4) is 0 Å². The van der Waals surface area contributed by atoms with Crippen LogP contribution >= 0.6 is 0 Å². The molecule has 2 saturated carbocycles. The number of carboxylic acids is 1. The topological polar surface area (TPSA) is 88.5 Å². The molecule has 0 aromatic carbocycles. The first-order valence-electron chi connectivity index (χ1n) is 13.4. The standard InChI is InChI=1S/C30H42O5/c1-17(9-8-10-18(2)26(34)35)19-11-14-29(6)25-20(31)15-22-27(3,4)23(33)12-13-28(22,5)24(25)21(32)16-30(19,29)7/h10,17,19,22H,8-9,11-16H2,1-7H3,(H,34,35)/t17-,19-,22+,28+,29+,30-/m1/s1. The van der Waals surface area contributed by atoms with E-state index in [4.69, 9.17) is 5.11 Å². The van der Waals surface area contributed by atoms with Gasteiger partial charge in [0, 0.05) is 52.2 Å². The Kier molecular flexibility index (Phi) is 6.13. The molecule has 2 fully saturated rings. The van der Waals surface area contributed by atoms with Crippen molar-refractivity contribution in [1.82, 2.24) is 0 Å². The summed E-state index contributed by atoms with van der Waals surface area (Å²) in [4.78, 5) is 51.8. The van der Waals surface area contributed by atoms with Gasteiger partial charge in [0.25, 0.3) is 0 Å². The van der Waals surface area contributed by atoms with Crippen molar-refractivity contribution >= 4 is 23.3 Å². The van der Waals surface area contributed by atoms with Gasteiger partial charge in [0.1, 0.15) is 5.78 Å². The summed E-state index contributed by atoms with van der Waals surface area (Å²) in [6, 6.07) is 0. The van der Waals surface area contributed by atoms with E-state index in [1.54, 1.807) is 13.0 Å². The van der Waals surface area contributed by atoms with Gasteiger partial charge >= 0.3 is 5.97 Å². The first-order chi connectivity index (χ1) is 16.1. The van der Waals surface area contributed by atoms with Crippen LogP contribution in [0.25, 0.3) is 0 Å². The summed E-state index contributed by atoms with van der Waals surface area (Å²) in [5.74, 6) is 0.0184. The van der Waals surface area contributed by atoms with Crippen LogP contribution < -0.4 is 0 Å². The minimum Gasteiger partial charge on any atom is -0.478 e. The highest BCUT2D eigenvalue weighted by Crippen LogP contribution is 2.70. The van der Waals surface area contributed by atoms with Crippen LogP contribution in [-0.4, -0.2) is 28.4 Å². The van der Waals surface area contributed by atoms with Crippen molar-refractivity contribution in [3.63, 3.8) is 0 Å². The van der Waals surface area contributed by atoms with Crippen molar-refractivity contribution in [3.05, 3.63) is 22.8 Å². The summed E-state index contributed by atoms with van der Waals surface area (Å²) in [7, 11) is 0. The molecule has 0 amide bonds. The molecule has 0 radical (unpaired) electrons. The lowest BCUT2D eigenvalue weighted by Gasteiger charge is -2.59. The Morgan fingerprint density at radius 1 is 1.06 bits per heavy atom. The molecule has 4 rings (SSSR count). The zero-order valence-electron chi connectivity index (χ0n) is 22.5. The molecular weight excluding hydrogens is 440 g/mol. The van der Waals surface area contributed by atoms with E-state index in [-0.39, 0.29) is 34.1 Å². The van der Waals surface area contributed by atoms with E-state index in [0.29, 0.717) is 49.5 Å². The van der Waals surface area contributed by atoms with Crippen molar-refractivity contribution in [2.45, 2.75) is 99.8 Å². The number of rotatable bonds is 5. The third-order valence-corrected chi connectivity index (χ3v) is 11.2. The van der Waals surface area contributed by atoms with Crippen LogP contribution in [0, 0.1) is 39.4 Å². The van der Waals surface area contributed by atoms with Crippen molar-refractivity contribution in [2.24, 2.45) is 39.4 Å². The second kappa shape index (κ2) is 8.24. The number of ketones is 3. The average Bonchev–Trinajstić information content (AvgIpc) is 3.03. The maximum atomic E-state index is 14.0. The molecule has 0 bridgehead atoms. The van der Waals surface area contributed by atoms with Gasteiger partial charge in [-0.3, -0.25) is 14.4 Å². The van der Waals surface area contributed by atoms with Crippen LogP contribution in [0.5, 0.6) is 0 Å². The zero-order chi connectivity index (χ0) is 26.1. The molecule has 4 aliphatic rings. The van der Waals surface area contributed by atoms with E-state index >= 15 is 0 Å². The van der Waals surface area contributed by atoms with Gasteiger partial charge < -0.3 is 5.11 Å². The fourth-order valence-corrected chi connectivity index (χ4v) is 8.77. The average molecular weight is 483 g/mol. The number of aliphatic carboxylic acids is 1. The number of hydrogen-bond acceptors (Lipinski definition) is 4. The molecular formula is C30H42O5. The van der Waals surface area contributed by atoms with E-state index in [9.17, 15) is 19.2 Å². The Labute approximate surface area is 209 Å². The largest absolute Gasteiger partial charge is 0.478 e. The Hall–Kier alpha value is -2.04. The summed E-state index contributed by atoms with van der Waals surface area (Å²) in [5.41, 5.74) is 0.240. The Bertz CT molecular complexity index is 1060. The fourth-order valence-electron chi connectivity index (χ4n) is 8.77. The molecule has 0 spiro atoms. The van der Waals surface area contributed by atoms with Crippen LogP contribution in [0.2, 0.25) is 0 Å². The zero-order valence-corrected chi connectivity index (χ0v) is 22.5. The Morgan fingerprint density at radius 2 is 1.71 bits per heavy atom. The SMILES string of the molecule is CC(=CCC[C@@H](C)[C@H]1CC[C@@]2(C)C3=C(C(=O)C[C@]12C)[C@@]1(C)CCC(=O)C(C)(C)[C@@H]1CC3=O)C(=O)O. The van der Waals surface area contributed by atoms with Crippen molar-refractivity contribution < 1.29 is 24.3 Å². The molecule has 0 aliphatic heterocycles. The minimum atomic E-state index is -0.884. The lowest BCUT2D eigenvalue weighted by Crippen LogP contribution is -2.58. The molecule has 5 heteroatoms. The molecule has 35 heavy (non-hydrogen) atoms. The van der Waals surface area contributed by atoms with Gasteiger partial charge in [-0.2, -0.15) is 0 Å². The predicted octanol–water partition coefficient (Wildman–Crippen LogP) is 6.11. The van der Waals surface area contributed by atoms with Crippen LogP contribution in [0.15, 0.2) is 22.8 Å². The summed E-state index contributed by atoms with van der Waals surface area (Å²) >= 11 is 0. The molecule has 4 aliphatic carbocycles. The summed E-state index contributed by atoms with van der Waals surface area (Å²) in [6.07, 6.45) is 7.14. The van der Waals surface area contributed by atoms with E-state index in [1.165, 1.54) is 0 Å². The van der Waals surface area contributed by atoms with Crippen LogP contribution in [0.1, 0.15) is 99.8 Å². The number of carbonyl (C=O) groups excluding carboxylic acids is 3. The Balaban J connectivity index is 1.72. The van der Waals surface area contributed by atoms with E-state index < -0.39 is 16.8 Å². The highest BCUT2D eigenvalue weighted by Gasteiger charge is 2.67. The molecule has 0 heterocycles.